The second-order valence-corrected chi connectivity index (χ2v) is 7.97. The highest BCUT2D eigenvalue weighted by Gasteiger charge is 2.23. The second-order valence-electron chi connectivity index (χ2n) is 6.62. The summed E-state index contributed by atoms with van der Waals surface area (Å²) in [5.41, 5.74) is 2.01. The van der Waals surface area contributed by atoms with Crippen LogP contribution in [0.25, 0.3) is 0 Å². The molecule has 18 heavy (non-hydrogen) atoms. The van der Waals surface area contributed by atoms with E-state index in [1.165, 1.54) is 47.4 Å². The Morgan fingerprint density at radius 3 is 2.72 bits per heavy atom. The van der Waals surface area contributed by atoms with Crippen LogP contribution in [0.3, 0.4) is 0 Å². The summed E-state index contributed by atoms with van der Waals surface area (Å²) in [5.74, 6) is 0. The molecular weight excluding hydrogens is 238 g/mol. The lowest BCUT2D eigenvalue weighted by Crippen LogP contribution is -2.27. The molecule has 1 aromatic heterocycles. The fourth-order valence-electron chi connectivity index (χ4n) is 2.85. The van der Waals surface area contributed by atoms with E-state index >= 15 is 0 Å². The monoisotopic (exact) mass is 265 g/mol. The molecule has 2 rings (SSSR count). The maximum Gasteiger partial charge on any atom is 0.0302 e. The Morgan fingerprint density at radius 1 is 1.28 bits per heavy atom. The molecule has 1 aliphatic carbocycles. The first-order chi connectivity index (χ1) is 8.46. The van der Waals surface area contributed by atoms with Crippen molar-refractivity contribution in [3.05, 3.63) is 21.4 Å². The topological polar surface area (TPSA) is 12.0 Å². The van der Waals surface area contributed by atoms with E-state index in [0.29, 0.717) is 5.41 Å². The molecule has 102 valence electrons. The van der Waals surface area contributed by atoms with Crippen LogP contribution >= 0.6 is 11.3 Å². The van der Waals surface area contributed by atoms with Gasteiger partial charge in [0.2, 0.25) is 0 Å². The van der Waals surface area contributed by atoms with E-state index in [4.69, 9.17) is 0 Å². The van der Waals surface area contributed by atoms with Crippen molar-refractivity contribution < 1.29 is 0 Å². The molecule has 1 aromatic rings. The summed E-state index contributed by atoms with van der Waals surface area (Å²) in [5, 5.41) is 3.77. The van der Waals surface area contributed by atoms with Crippen LogP contribution in [0.5, 0.6) is 0 Å². The third kappa shape index (κ3) is 3.83. The number of nitrogens with one attached hydrogen (secondary N) is 1. The fourth-order valence-corrected chi connectivity index (χ4v) is 3.85. The molecular formula is C16H27NS. The van der Waals surface area contributed by atoms with Crippen molar-refractivity contribution in [3.8, 4) is 0 Å². The molecule has 1 saturated carbocycles. The normalized spacial score (nSPS) is 23.9. The maximum atomic E-state index is 3.77. The number of hydrogen-bond donors (Lipinski definition) is 1. The van der Waals surface area contributed by atoms with Gasteiger partial charge in [-0.25, -0.2) is 0 Å². The molecule has 0 radical (unpaired) electrons. The Balaban J connectivity index is 1.83. The average molecular weight is 265 g/mol. The smallest absolute Gasteiger partial charge is 0.0302 e. The molecule has 1 atom stereocenters. The van der Waals surface area contributed by atoms with Crippen molar-refractivity contribution in [3.63, 3.8) is 0 Å². The molecule has 0 saturated heterocycles. The van der Waals surface area contributed by atoms with Crippen molar-refractivity contribution >= 4 is 11.3 Å². The van der Waals surface area contributed by atoms with Crippen LogP contribution in [0, 0.1) is 19.3 Å². The van der Waals surface area contributed by atoms with Gasteiger partial charge in [0.05, 0.1) is 0 Å². The standard InChI is InChI=1S/C16H27NS/c1-12-10-15(18-13(12)2)11-17-14-6-5-8-16(3,4)9-7-14/h10,14,17H,5-9,11H2,1-4H3. The van der Waals surface area contributed by atoms with Crippen molar-refractivity contribution in [1.29, 1.82) is 0 Å². The van der Waals surface area contributed by atoms with E-state index in [-0.39, 0.29) is 0 Å². The van der Waals surface area contributed by atoms with E-state index in [1.54, 1.807) is 0 Å². The Labute approximate surface area is 116 Å². The molecule has 1 unspecified atom stereocenters. The highest BCUT2D eigenvalue weighted by atomic mass is 32.1. The lowest BCUT2D eigenvalue weighted by molar-refractivity contribution is 0.309. The largest absolute Gasteiger partial charge is 0.309 e. The summed E-state index contributed by atoms with van der Waals surface area (Å²) in [6, 6.07) is 3.07. The number of hydrogen-bond acceptors (Lipinski definition) is 2. The molecule has 1 N–H and O–H groups in total. The van der Waals surface area contributed by atoms with Crippen LogP contribution in [0.15, 0.2) is 6.07 Å². The van der Waals surface area contributed by atoms with E-state index in [2.05, 4.69) is 39.1 Å². The van der Waals surface area contributed by atoms with Crippen molar-refractivity contribution in [2.45, 2.75) is 72.4 Å². The minimum atomic E-state index is 0.562. The van der Waals surface area contributed by atoms with Crippen LogP contribution in [0.2, 0.25) is 0 Å². The van der Waals surface area contributed by atoms with Gasteiger partial charge in [0.1, 0.15) is 0 Å². The van der Waals surface area contributed by atoms with E-state index in [9.17, 15) is 0 Å². The summed E-state index contributed by atoms with van der Waals surface area (Å²) in [6.07, 6.45) is 6.84. The van der Waals surface area contributed by atoms with Crippen molar-refractivity contribution in [1.82, 2.24) is 5.32 Å². The number of thiophene rings is 1. The van der Waals surface area contributed by atoms with Crippen molar-refractivity contribution in [2.24, 2.45) is 5.41 Å². The van der Waals surface area contributed by atoms with Gasteiger partial charge in [-0.1, -0.05) is 20.3 Å². The van der Waals surface area contributed by atoms with Gasteiger partial charge < -0.3 is 5.32 Å². The van der Waals surface area contributed by atoms with Crippen LogP contribution in [-0.2, 0) is 6.54 Å². The lowest BCUT2D eigenvalue weighted by Gasteiger charge is -2.22. The summed E-state index contributed by atoms with van der Waals surface area (Å²) in [4.78, 5) is 2.96. The van der Waals surface area contributed by atoms with Gasteiger partial charge in [0.25, 0.3) is 0 Å². The van der Waals surface area contributed by atoms with Gasteiger partial charge in [-0.05, 0) is 56.6 Å². The SMILES string of the molecule is Cc1cc(CNC2CCCC(C)(C)CC2)sc1C. The Morgan fingerprint density at radius 2 is 2.06 bits per heavy atom. The van der Waals surface area contributed by atoms with E-state index in [0.717, 1.165) is 12.6 Å². The van der Waals surface area contributed by atoms with Gasteiger partial charge in [0, 0.05) is 22.3 Å². The lowest BCUT2D eigenvalue weighted by atomic mass is 9.85. The van der Waals surface area contributed by atoms with Gasteiger partial charge in [0.15, 0.2) is 0 Å². The molecule has 1 fully saturated rings. The summed E-state index contributed by atoms with van der Waals surface area (Å²) >= 11 is 1.95. The summed E-state index contributed by atoms with van der Waals surface area (Å²) in [6.45, 7) is 10.3. The zero-order valence-corrected chi connectivity index (χ0v) is 13.1. The first-order valence-corrected chi connectivity index (χ1v) is 8.07. The molecule has 0 bridgehead atoms. The molecule has 1 heterocycles. The molecule has 1 nitrogen and oxygen atoms in total. The predicted molar refractivity (Wildman–Crippen MR) is 81.3 cm³/mol. The quantitative estimate of drug-likeness (QED) is 0.773. The van der Waals surface area contributed by atoms with Crippen molar-refractivity contribution in [2.75, 3.05) is 0 Å². The Hall–Kier alpha value is -0.340. The van der Waals surface area contributed by atoms with Gasteiger partial charge in [-0.2, -0.15) is 0 Å². The fraction of sp³-hybridized carbons (Fsp3) is 0.750. The third-order valence-corrected chi connectivity index (χ3v) is 5.51. The molecule has 0 amide bonds. The van der Waals surface area contributed by atoms with Gasteiger partial charge in [-0.3, -0.25) is 0 Å². The van der Waals surface area contributed by atoms with E-state index < -0.39 is 0 Å². The average Bonchev–Trinajstić information content (AvgIpc) is 2.51. The number of rotatable bonds is 3. The first kappa shape index (κ1) is 14.1. The van der Waals surface area contributed by atoms with Crippen LogP contribution in [-0.4, -0.2) is 6.04 Å². The maximum absolute atomic E-state index is 3.77. The number of aryl methyl sites for hydroxylation is 2. The second kappa shape index (κ2) is 5.75. The first-order valence-electron chi connectivity index (χ1n) is 7.25. The minimum Gasteiger partial charge on any atom is -0.309 e. The molecule has 2 heteroatoms. The summed E-state index contributed by atoms with van der Waals surface area (Å²) < 4.78 is 0. The van der Waals surface area contributed by atoms with Gasteiger partial charge in [-0.15, -0.1) is 11.3 Å². The van der Waals surface area contributed by atoms with Crippen LogP contribution in [0.1, 0.15) is 61.3 Å². The minimum absolute atomic E-state index is 0.562. The summed E-state index contributed by atoms with van der Waals surface area (Å²) in [7, 11) is 0. The molecule has 0 aromatic carbocycles. The zero-order chi connectivity index (χ0) is 13.2. The predicted octanol–water partition coefficient (Wildman–Crippen LogP) is 4.81. The molecule has 1 aliphatic rings. The highest BCUT2D eigenvalue weighted by molar-refractivity contribution is 7.12. The highest BCUT2D eigenvalue weighted by Crippen LogP contribution is 2.33. The third-order valence-electron chi connectivity index (χ3n) is 4.36. The Kier molecular flexibility index (Phi) is 4.50. The zero-order valence-electron chi connectivity index (χ0n) is 12.3. The van der Waals surface area contributed by atoms with Gasteiger partial charge >= 0.3 is 0 Å². The Bertz CT molecular complexity index is 372. The van der Waals surface area contributed by atoms with E-state index in [1.807, 2.05) is 11.3 Å². The molecule has 0 spiro atoms. The van der Waals surface area contributed by atoms with Crippen LogP contribution < -0.4 is 5.32 Å². The molecule has 0 aliphatic heterocycles. The van der Waals surface area contributed by atoms with Crippen LogP contribution in [0.4, 0.5) is 0 Å².